The van der Waals surface area contributed by atoms with Crippen molar-refractivity contribution in [1.82, 2.24) is 14.9 Å². The molecule has 34 heavy (non-hydrogen) atoms. The molecule has 1 aliphatic carbocycles. The highest BCUT2D eigenvalue weighted by atomic mass is 16.5. The fourth-order valence-corrected chi connectivity index (χ4v) is 5.59. The Balaban J connectivity index is 1.34. The van der Waals surface area contributed by atoms with Crippen LogP contribution in [0.5, 0.6) is 11.6 Å². The summed E-state index contributed by atoms with van der Waals surface area (Å²) in [5.74, 6) is 1.66. The van der Waals surface area contributed by atoms with Crippen molar-refractivity contribution >= 4 is 16.8 Å². The highest BCUT2D eigenvalue weighted by Gasteiger charge is 2.45. The molecule has 4 aromatic rings. The lowest BCUT2D eigenvalue weighted by Gasteiger charge is -2.46. The van der Waals surface area contributed by atoms with Crippen molar-refractivity contribution in [1.29, 1.82) is 0 Å². The molecule has 1 amide bonds. The second-order valence-electron chi connectivity index (χ2n) is 9.16. The molecule has 6 nitrogen and oxygen atoms in total. The van der Waals surface area contributed by atoms with E-state index in [-0.39, 0.29) is 24.0 Å². The van der Waals surface area contributed by atoms with Crippen molar-refractivity contribution in [2.75, 3.05) is 13.7 Å². The number of ether oxygens (including phenoxy) is 2. The Labute approximate surface area is 198 Å². The van der Waals surface area contributed by atoms with Crippen LogP contribution in [0.1, 0.15) is 29.2 Å². The van der Waals surface area contributed by atoms with Gasteiger partial charge in [0.1, 0.15) is 11.9 Å². The number of pyridine rings is 1. The van der Waals surface area contributed by atoms with Crippen molar-refractivity contribution in [3.05, 3.63) is 89.7 Å². The average Bonchev–Trinajstić information content (AvgIpc) is 3.25. The highest BCUT2D eigenvalue weighted by Crippen LogP contribution is 2.43. The number of hydrogen-bond acceptors (Lipinski definition) is 4. The number of benzene rings is 2. The minimum Gasteiger partial charge on any atom is -0.497 e. The summed E-state index contributed by atoms with van der Waals surface area (Å²) in [4.78, 5) is 23.7. The lowest BCUT2D eigenvalue weighted by atomic mass is 9.76. The maximum atomic E-state index is 13.6. The Kier molecular flexibility index (Phi) is 5.21. The van der Waals surface area contributed by atoms with E-state index in [1.165, 1.54) is 16.6 Å². The minimum atomic E-state index is -0.174. The number of H-pyrrole nitrogens is 1. The number of amides is 1. The topological polar surface area (TPSA) is 67.4 Å². The van der Waals surface area contributed by atoms with E-state index in [1.807, 2.05) is 47.4 Å². The van der Waals surface area contributed by atoms with Gasteiger partial charge in [-0.3, -0.25) is 4.79 Å². The average molecular weight is 454 g/mol. The first kappa shape index (κ1) is 20.8. The molecular weight excluding hydrogens is 426 g/mol. The smallest absolute Gasteiger partial charge is 0.227 e. The van der Waals surface area contributed by atoms with Gasteiger partial charge in [-0.2, -0.15) is 0 Å². The molecule has 3 heterocycles. The number of fused-ring (bicyclic) bond motifs is 6. The molecule has 1 aliphatic heterocycles. The quantitative estimate of drug-likeness (QED) is 0.483. The molecule has 172 valence electrons. The summed E-state index contributed by atoms with van der Waals surface area (Å²) in [6, 6.07) is 22.0. The number of rotatable bonds is 5. The van der Waals surface area contributed by atoms with E-state index in [4.69, 9.17) is 9.47 Å². The largest absolute Gasteiger partial charge is 0.497 e. The van der Waals surface area contributed by atoms with Gasteiger partial charge in [0.05, 0.1) is 20.1 Å². The van der Waals surface area contributed by atoms with Crippen molar-refractivity contribution < 1.29 is 14.3 Å². The number of carbonyl (C=O) groups is 1. The van der Waals surface area contributed by atoms with E-state index < -0.39 is 0 Å². The summed E-state index contributed by atoms with van der Waals surface area (Å²) in [6.45, 7) is 0.545. The molecule has 3 atom stereocenters. The van der Waals surface area contributed by atoms with Crippen LogP contribution in [0, 0.1) is 0 Å². The standard InChI is InChI=1S/C28H27N3O3/c1-33-20-8-6-7-18(13-20)14-27(32)31-17-25(34-26-11-4-5-12-29-26)23-16-19(31)15-22-21-9-2-3-10-24(21)30-28(22)23/h2-13,19,23,25,30H,14-17H2,1H3/t19-,23+,25-/m0/s1. The van der Waals surface area contributed by atoms with Crippen LogP contribution in [0.3, 0.4) is 0 Å². The number of methoxy groups -OCH3 is 1. The third kappa shape index (κ3) is 3.69. The number of aromatic amines is 1. The van der Waals surface area contributed by atoms with Crippen molar-refractivity contribution in [2.24, 2.45) is 0 Å². The van der Waals surface area contributed by atoms with Gasteiger partial charge in [-0.15, -0.1) is 0 Å². The zero-order valence-electron chi connectivity index (χ0n) is 19.1. The molecule has 2 aliphatic rings. The van der Waals surface area contributed by atoms with Crippen LogP contribution in [0.15, 0.2) is 72.9 Å². The third-order valence-electron chi connectivity index (χ3n) is 7.17. The molecule has 6 heteroatoms. The molecule has 1 saturated heterocycles. The first-order valence-corrected chi connectivity index (χ1v) is 11.8. The number of piperidine rings is 1. The van der Waals surface area contributed by atoms with Crippen molar-refractivity contribution in [3.8, 4) is 11.6 Å². The molecule has 0 saturated carbocycles. The predicted molar refractivity (Wildman–Crippen MR) is 130 cm³/mol. The summed E-state index contributed by atoms with van der Waals surface area (Å²) >= 11 is 0. The number of hydrogen-bond donors (Lipinski definition) is 1. The number of nitrogens with one attached hydrogen (secondary N) is 1. The number of aromatic nitrogens is 2. The SMILES string of the molecule is COc1cccc(CC(=O)N2C[C@H](Oc3ccccn3)[C@H]3C[C@@H]2Cc2c3[nH]c3ccccc23)c1. The molecule has 6 rings (SSSR count). The van der Waals surface area contributed by atoms with Gasteiger partial charge < -0.3 is 19.4 Å². The van der Waals surface area contributed by atoms with E-state index in [1.54, 1.807) is 13.3 Å². The molecule has 1 N–H and O–H groups in total. The molecule has 0 spiro atoms. The molecule has 2 aromatic carbocycles. The van der Waals surface area contributed by atoms with Gasteiger partial charge in [-0.05, 0) is 48.2 Å². The number of para-hydroxylation sites is 1. The van der Waals surface area contributed by atoms with E-state index in [0.29, 0.717) is 18.8 Å². The van der Waals surface area contributed by atoms with Crippen LogP contribution >= 0.6 is 0 Å². The van der Waals surface area contributed by atoms with Gasteiger partial charge in [0, 0.05) is 40.8 Å². The normalized spacial score (nSPS) is 21.2. The molecular formula is C28H27N3O3. The lowest BCUT2D eigenvalue weighted by molar-refractivity contribution is -0.137. The lowest BCUT2D eigenvalue weighted by Crippen LogP contribution is -2.56. The van der Waals surface area contributed by atoms with Gasteiger partial charge in [0.25, 0.3) is 0 Å². The Morgan fingerprint density at radius 1 is 1.12 bits per heavy atom. The van der Waals surface area contributed by atoms with Crippen LogP contribution in [0.2, 0.25) is 0 Å². The van der Waals surface area contributed by atoms with Gasteiger partial charge >= 0.3 is 0 Å². The molecule has 2 bridgehead atoms. The maximum Gasteiger partial charge on any atom is 0.227 e. The second-order valence-corrected chi connectivity index (χ2v) is 9.16. The predicted octanol–water partition coefficient (Wildman–Crippen LogP) is 4.50. The summed E-state index contributed by atoms with van der Waals surface area (Å²) < 4.78 is 11.8. The molecule has 0 unspecified atom stereocenters. The Bertz CT molecular complexity index is 1330. The van der Waals surface area contributed by atoms with Gasteiger partial charge in [0.15, 0.2) is 0 Å². The Hall–Kier alpha value is -3.80. The summed E-state index contributed by atoms with van der Waals surface area (Å²) in [7, 11) is 1.64. The minimum absolute atomic E-state index is 0.120. The summed E-state index contributed by atoms with van der Waals surface area (Å²) in [5.41, 5.74) is 4.66. The summed E-state index contributed by atoms with van der Waals surface area (Å²) in [6.07, 6.45) is 3.64. The van der Waals surface area contributed by atoms with E-state index >= 15 is 0 Å². The fourth-order valence-electron chi connectivity index (χ4n) is 5.59. The van der Waals surface area contributed by atoms with Crippen LogP contribution in [-0.4, -0.2) is 46.6 Å². The second kappa shape index (κ2) is 8.52. The van der Waals surface area contributed by atoms with E-state index in [2.05, 4.69) is 34.2 Å². The molecule has 0 radical (unpaired) electrons. The molecule has 2 aromatic heterocycles. The summed E-state index contributed by atoms with van der Waals surface area (Å²) in [5, 5.41) is 1.24. The number of likely N-dealkylation sites (tertiary alicyclic amines) is 1. The van der Waals surface area contributed by atoms with Crippen LogP contribution in [0.25, 0.3) is 10.9 Å². The Morgan fingerprint density at radius 2 is 2.00 bits per heavy atom. The van der Waals surface area contributed by atoms with Crippen molar-refractivity contribution in [3.63, 3.8) is 0 Å². The van der Waals surface area contributed by atoms with Crippen LogP contribution in [0.4, 0.5) is 0 Å². The fraction of sp³-hybridized carbons (Fsp3) is 0.286. The Morgan fingerprint density at radius 3 is 2.85 bits per heavy atom. The third-order valence-corrected chi connectivity index (χ3v) is 7.17. The van der Waals surface area contributed by atoms with E-state index in [9.17, 15) is 4.79 Å². The van der Waals surface area contributed by atoms with Crippen LogP contribution < -0.4 is 9.47 Å². The van der Waals surface area contributed by atoms with Gasteiger partial charge in [-0.1, -0.05) is 36.4 Å². The molecule has 1 fully saturated rings. The first-order chi connectivity index (χ1) is 16.7. The highest BCUT2D eigenvalue weighted by molar-refractivity contribution is 5.86. The monoisotopic (exact) mass is 453 g/mol. The van der Waals surface area contributed by atoms with E-state index in [0.717, 1.165) is 29.7 Å². The first-order valence-electron chi connectivity index (χ1n) is 11.8. The van der Waals surface area contributed by atoms with Gasteiger partial charge in [0.2, 0.25) is 11.8 Å². The van der Waals surface area contributed by atoms with Gasteiger partial charge in [-0.25, -0.2) is 4.98 Å². The zero-order valence-corrected chi connectivity index (χ0v) is 19.1. The van der Waals surface area contributed by atoms with Crippen molar-refractivity contribution in [2.45, 2.75) is 37.3 Å². The number of nitrogens with zero attached hydrogens (tertiary/aromatic N) is 2. The maximum absolute atomic E-state index is 13.6. The zero-order chi connectivity index (χ0) is 23.1. The van der Waals surface area contributed by atoms with Crippen LogP contribution in [-0.2, 0) is 17.6 Å². The number of carbonyl (C=O) groups excluding carboxylic acids is 1.